The predicted octanol–water partition coefficient (Wildman–Crippen LogP) is 3.78. The fraction of sp³-hybridized carbons (Fsp3) is 0.571. The first-order valence-electron chi connectivity index (χ1n) is 6.23. The summed E-state index contributed by atoms with van der Waals surface area (Å²) in [5.74, 6) is 0.0820. The summed E-state index contributed by atoms with van der Waals surface area (Å²) in [6, 6.07) is 3.53. The van der Waals surface area contributed by atoms with Gasteiger partial charge in [-0.3, -0.25) is 0 Å². The predicted molar refractivity (Wildman–Crippen MR) is 67.0 cm³/mol. The average Bonchev–Trinajstić information content (AvgIpc) is 2.28. The Hall–Kier alpha value is -1.18. The molecule has 0 atom stereocenters. The third-order valence-electron chi connectivity index (χ3n) is 2.91. The molecule has 0 aliphatic heterocycles. The van der Waals surface area contributed by atoms with Gasteiger partial charge in [0.1, 0.15) is 0 Å². The maximum atomic E-state index is 9.82. The van der Waals surface area contributed by atoms with E-state index in [1.165, 1.54) is 18.4 Å². The molecule has 0 aliphatic carbocycles. The maximum Gasteiger partial charge on any atom is 0.160 e. The van der Waals surface area contributed by atoms with E-state index < -0.39 is 0 Å². The first-order chi connectivity index (χ1) is 7.70. The molecule has 2 heteroatoms. The summed E-state index contributed by atoms with van der Waals surface area (Å²) in [6.45, 7) is 4.26. The fourth-order valence-electron chi connectivity index (χ4n) is 1.99. The number of aryl methyl sites for hydroxylation is 1. The topological polar surface area (TPSA) is 40.5 Å². The average molecular weight is 222 g/mol. The molecule has 0 saturated heterocycles. The number of unbranched alkanes of at least 4 members (excludes halogenated alkanes) is 2. The van der Waals surface area contributed by atoms with Crippen LogP contribution in [-0.4, -0.2) is 10.2 Å². The van der Waals surface area contributed by atoms with Crippen molar-refractivity contribution >= 4 is 0 Å². The van der Waals surface area contributed by atoms with Crippen LogP contribution in [-0.2, 0) is 12.8 Å². The van der Waals surface area contributed by atoms with Crippen LogP contribution in [0.5, 0.6) is 11.5 Å². The van der Waals surface area contributed by atoms with Crippen LogP contribution in [0, 0.1) is 0 Å². The van der Waals surface area contributed by atoms with Gasteiger partial charge < -0.3 is 10.2 Å². The molecule has 0 radical (unpaired) electrons. The molecule has 0 heterocycles. The van der Waals surface area contributed by atoms with E-state index in [4.69, 9.17) is 0 Å². The summed E-state index contributed by atoms with van der Waals surface area (Å²) in [4.78, 5) is 0. The van der Waals surface area contributed by atoms with Gasteiger partial charge in [0.15, 0.2) is 11.5 Å². The maximum absolute atomic E-state index is 9.82. The van der Waals surface area contributed by atoms with Gasteiger partial charge in [0.2, 0.25) is 0 Å². The van der Waals surface area contributed by atoms with Crippen LogP contribution in [0.1, 0.15) is 50.7 Å². The Balaban J connectivity index is 2.85. The van der Waals surface area contributed by atoms with Crippen molar-refractivity contribution in [1.29, 1.82) is 0 Å². The number of phenolic OH excluding ortho intramolecular Hbond substituents is 2. The second kappa shape index (κ2) is 6.41. The minimum Gasteiger partial charge on any atom is -0.504 e. The first-order valence-corrected chi connectivity index (χ1v) is 6.23. The van der Waals surface area contributed by atoms with E-state index in [1.54, 1.807) is 6.07 Å². The summed E-state index contributed by atoms with van der Waals surface area (Å²) in [5.41, 5.74) is 2.12. The molecule has 16 heavy (non-hydrogen) atoms. The van der Waals surface area contributed by atoms with Crippen molar-refractivity contribution in [3.8, 4) is 11.5 Å². The third-order valence-corrected chi connectivity index (χ3v) is 2.91. The van der Waals surface area contributed by atoms with Gasteiger partial charge in [-0.2, -0.15) is 0 Å². The minimum absolute atomic E-state index is 0.00249. The Morgan fingerprint density at radius 1 is 0.938 bits per heavy atom. The zero-order valence-corrected chi connectivity index (χ0v) is 10.3. The number of hydrogen-bond donors (Lipinski definition) is 2. The Bertz CT molecular complexity index is 332. The van der Waals surface area contributed by atoms with Gasteiger partial charge in [0, 0.05) is 5.56 Å². The molecule has 0 saturated carbocycles. The molecule has 0 fully saturated rings. The number of rotatable bonds is 6. The molecule has 0 aliphatic rings. The molecule has 1 aromatic carbocycles. The summed E-state index contributed by atoms with van der Waals surface area (Å²) < 4.78 is 0. The number of hydrogen-bond acceptors (Lipinski definition) is 2. The smallest absolute Gasteiger partial charge is 0.160 e. The van der Waals surface area contributed by atoms with Crippen molar-refractivity contribution < 1.29 is 10.2 Å². The SMILES string of the molecule is CCCCCc1ccc(O)c(O)c1CCC. The normalized spacial score (nSPS) is 10.6. The summed E-state index contributed by atoms with van der Waals surface area (Å²) in [6.07, 6.45) is 6.38. The number of aromatic hydroxyl groups is 2. The molecule has 2 N–H and O–H groups in total. The lowest BCUT2D eigenvalue weighted by Gasteiger charge is -2.11. The van der Waals surface area contributed by atoms with Crippen molar-refractivity contribution in [1.82, 2.24) is 0 Å². The summed E-state index contributed by atoms with van der Waals surface area (Å²) in [7, 11) is 0. The van der Waals surface area contributed by atoms with Crippen LogP contribution in [0.25, 0.3) is 0 Å². The number of phenols is 2. The Kier molecular flexibility index (Phi) is 5.17. The van der Waals surface area contributed by atoms with Gasteiger partial charge in [-0.1, -0.05) is 39.2 Å². The summed E-state index contributed by atoms with van der Waals surface area (Å²) >= 11 is 0. The lowest BCUT2D eigenvalue weighted by atomic mass is 9.97. The van der Waals surface area contributed by atoms with Crippen molar-refractivity contribution in [2.24, 2.45) is 0 Å². The van der Waals surface area contributed by atoms with Crippen LogP contribution in [0.15, 0.2) is 12.1 Å². The summed E-state index contributed by atoms with van der Waals surface area (Å²) in [5, 5.41) is 19.3. The largest absolute Gasteiger partial charge is 0.504 e. The molecule has 1 rings (SSSR count). The molecule has 0 aromatic heterocycles. The molecule has 90 valence electrons. The highest BCUT2D eigenvalue weighted by molar-refractivity contribution is 5.49. The second-order valence-electron chi connectivity index (χ2n) is 4.28. The van der Waals surface area contributed by atoms with E-state index in [0.717, 1.165) is 31.2 Å². The highest BCUT2D eigenvalue weighted by Gasteiger charge is 2.10. The van der Waals surface area contributed by atoms with E-state index in [1.807, 2.05) is 6.07 Å². The van der Waals surface area contributed by atoms with E-state index in [2.05, 4.69) is 13.8 Å². The van der Waals surface area contributed by atoms with Crippen LogP contribution in [0.2, 0.25) is 0 Å². The van der Waals surface area contributed by atoms with E-state index in [-0.39, 0.29) is 11.5 Å². The molecule has 1 aromatic rings. The highest BCUT2D eigenvalue weighted by Crippen LogP contribution is 2.33. The lowest BCUT2D eigenvalue weighted by molar-refractivity contribution is 0.398. The molecular weight excluding hydrogens is 200 g/mol. The van der Waals surface area contributed by atoms with Gasteiger partial charge in [-0.05, 0) is 30.9 Å². The van der Waals surface area contributed by atoms with Crippen molar-refractivity contribution in [3.63, 3.8) is 0 Å². The van der Waals surface area contributed by atoms with Gasteiger partial charge in [-0.15, -0.1) is 0 Å². The Morgan fingerprint density at radius 2 is 1.69 bits per heavy atom. The van der Waals surface area contributed by atoms with E-state index in [9.17, 15) is 10.2 Å². The zero-order valence-electron chi connectivity index (χ0n) is 10.3. The minimum atomic E-state index is 0.00249. The van der Waals surface area contributed by atoms with Crippen LogP contribution in [0.3, 0.4) is 0 Å². The molecular formula is C14H22O2. The zero-order chi connectivity index (χ0) is 12.0. The monoisotopic (exact) mass is 222 g/mol. The molecule has 0 unspecified atom stereocenters. The van der Waals surface area contributed by atoms with E-state index in [0.29, 0.717) is 0 Å². The van der Waals surface area contributed by atoms with Gasteiger partial charge in [0.05, 0.1) is 0 Å². The molecule has 0 amide bonds. The number of benzene rings is 1. The van der Waals surface area contributed by atoms with Crippen LogP contribution >= 0.6 is 0 Å². The molecule has 0 bridgehead atoms. The second-order valence-corrected chi connectivity index (χ2v) is 4.28. The van der Waals surface area contributed by atoms with Gasteiger partial charge >= 0.3 is 0 Å². The van der Waals surface area contributed by atoms with Gasteiger partial charge in [0.25, 0.3) is 0 Å². The van der Waals surface area contributed by atoms with E-state index >= 15 is 0 Å². The van der Waals surface area contributed by atoms with Gasteiger partial charge in [-0.25, -0.2) is 0 Å². The quantitative estimate of drug-likeness (QED) is 0.568. The Labute approximate surface area is 97.9 Å². The fourth-order valence-corrected chi connectivity index (χ4v) is 1.99. The van der Waals surface area contributed by atoms with Crippen molar-refractivity contribution in [3.05, 3.63) is 23.3 Å². The van der Waals surface area contributed by atoms with Crippen molar-refractivity contribution in [2.75, 3.05) is 0 Å². The third kappa shape index (κ3) is 3.16. The Morgan fingerprint density at radius 3 is 2.31 bits per heavy atom. The standard InChI is InChI=1S/C14H22O2/c1-3-5-6-8-11-9-10-13(15)14(16)12(11)7-4-2/h9-10,15-16H,3-8H2,1-2H3. The highest BCUT2D eigenvalue weighted by atomic mass is 16.3. The lowest BCUT2D eigenvalue weighted by Crippen LogP contribution is -1.95. The van der Waals surface area contributed by atoms with Crippen LogP contribution < -0.4 is 0 Å². The van der Waals surface area contributed by atoms with Crippen molar-refractivity contribution in [2.45, 2.75) is 52.4 Å². The van der Waals surface area contributed by atoms with Crippen LogP contribution in [0.4, 0.5) is 0 Å². The first kappa shape index (κ1) is 12.9. The molecule has 2 nitrogen and oxygen atoms in total. The molecule has 0 spiro atoms.